The van der Waals surface area contributed by atoms with Crippen LogP contribution in [0.3, 0.4) is 0 Å². The number of carbonyl (C=O) groups is 1. The molecule has 0 aliphatic heterocycles. The van der Waals surface area contributed by atoms with Crippen molar-refractivity contribution >= 4 is 28.7 Å². The van der Waals surface area contributed by atoms with E-state index in [1.165, 1.54) is 11.8 Å². The van der Waals surface area contributed by atoms with Crippen molar-refractivity contribution in [2.24, 2.45) is 7.05 Å². The van der Waals surface area contributed by atoms with Gasteiger partial charge in [-0.1, -0.05) is 23.9 Å². The molecule has 16 heavy (non-hydrogen) atoms. The van der Waals surface area contributed by atoms with E-state index in [-0.39, 0.29) is 5.91 Å². The molecule has 0 radical (unpaired) electrons. The fraction of sp³-hybridized carbons (Fsp3) is 0.273. The topological polar surface area (TPSA) is 46.9 Å². The highest BCUT2D eigenvalue weighted by molar-refractivity contribution is 7.99. The van der Waals surface area contributed by atoms with Crippen molar-refractivity contribution in [2.75, 3.05) is 12.8 Å². The first-order valence-electron chi connectivity index (χ1n) is 4.97. The van der Waals surface area contributed by atoms with E-state index in [1.54, 1.807) is 7.05 Å². The molecule has 4 nitrogen and oxygen atoms in total. The first kappa shape index (κ1) is 11.0. The number of imidazole rings is 1. The minimum Gasteiger partial charge on any atom is -0.358 e. The summed E-state index contributed by atoms with van der Waals surface area (Å²) in [5.41, 5.74) is 2.05. The zero-order valence-corrected chi connectivity index (χ0v) is 10.0. The Labute approximate surface area is 98.0 Å². The standard InChI is InChI=1S/C11H13N3OS/c1-12-10(15)7-16-11-13-8-5-3-4-6-9(8)14(11)2/h3-6H,7H2,1-2H3,(H,12,15). The van der Waals surface area contributed by atoms with E-state index in [0.29, 0.717) is 5.75 Å². The van der Waals surface area contributed by atoms with Crippen LogP contribution in [0.15, 0.2) is 29.4 Å². The van der Waals surface area contributed by atoms with E-state index >= 15 is 0 Å². The molecule has 0 unspecified atom stereocenters. The number of rotatable bonds is 3. The second kappa shape index (κ2) is 4.57. The predicted octanol–water partition coefficient (Wildman–Crippen LogP) is 1.41. The lowest BCUT2D eigenvalue weighted by Gasteiger charge is -2.00. The Bertz CT molecular complexity index is 521. The van der Waals surface area contributed by atoms with E-state index < -0.39 is 0 Å². The summed E-state index contributed by atoms with van der Waals surface area (Å²) in [5.74, 6) is 0.408. The van der Waals surface area contributed by atoms with Crippen LogP contribution < -0.4 is 5.32 Å². The van der Waals surface area contributed by atoms with Gasteiger partial charge in [-0.2, -0.15) is 0 Å². The van der Waals surface area contributed by atoms with E-state index in [2.05, 4.69) is 10.3 Å². The van der Waals surface area contributed by atoms with Gasteiger partial charge in [0.05, 0.1) is 16.8 Å². The zero-order valence-electron chi connectivity index (χ0n) is 9.23. The van der Waals surface area contributed by atoms with Crippen LogP contribution in [0.25, 0.3) is 11.0 Å². The molecule has 0 saturated carbocycles. The van der Waals surface area contributed by atoms with E-state index in [9.17, 15) is 4.79 Å². The Morgan fingerprint density at radius 2 is 2.25 bits per heavy atom. The lowest BCUT2D eigenvalue weighted by atomic mass is 10.3. The van der Waals surface area contributed by atoms with Crippen molar-refractivity contribution in [3.8, 4) is 0 Å². The van der Waals surface area contributed by atoms with Crippen molar-refractivity contribution in [3.05, 3.63) is 24.3 Å². The Balaban J connectivity index is 2.24. The summed E-state index contributed by atoms with van der Waals surface area (Å²) in [6.07, 6.45) is 0. The molecule has 1 amide bonds. The third kappa shape index (κ3) is 2.04. The van der Waals surface area contributed by atoms with Crippen LogP contribution in [0.5, 0.6) is 0 Å². The van der Waals surface area contributed by atoms with Crippen LogP contribution in [0.4, 0.5) is 0 Å². The number of hydrogen-bond donors (Lipinski definition) is 1. The van der Waals surface area contributed by atoms with Crippen molar-refractivity contribution in [3.63, 3.8) is 0 Å². The third-order valence-corrected chi connectivity index (χ3v) is 3.39. The monoisotopic (exact) mass is 235 g/mol. The second-order valence-corrected chi connectivity index (χ2v) is 4.35. The van der Waals surface area contributed by atoms with Gasteiger partial charge in [-0.15, -0.1) is 0 Å². The highest BCUT2D eigenvalue weighted by Crippen LogP contribution is 2.22. The quantitative estimate of drug-likeness (QED) is 0.818. The fourth-order valence-corrected chi connectivity index (χ4v) is 2.31. The maximum Gasteiger partial charge on any atom is 0.230 e. The molecule has 0 saturated heterocycles. The van der Waals surface area contributed by atoms with Gasteiger partial charge in [-0.3, -0.25) is 4.79 Å². The molecule has 1 heterocycles. The highest BCUT2D eigenvalue weighted by Gasteiger charge is 2.08. The number of benzene rings is 1. The van der Waals surface area contributed by atoms with Gasteiger partial charge < -0.3 is 9.88 Å². The molecular weight excluding hydrogens is 222 g/mol. The number of fused-ring (bicyclic) bond motifs is 1. The molecule has 1 aromatic carbocycles. The lowest BCUT2D eigenvalue weighted by Crippen LogP contribution is -2.19. The van der Waals surface area contributed by atoms with E-state index in [1.807, 2.05) is 35.9 Å². The van der Waals surface area contributed by atoms with Gasteiger partial charge in [0.1, 0.15) is 0 Å². The maximum absolute atomic E-state index is 11.1. The molecule has 0 atom stereocenters. The number of aryl methyl sites for hydroxylation is 1. The number of amides is 1. The van der Waals surface area contributed by atoms with Crippen molar-refractivity contribution < 1.29 is 4.79 Å². The fourth-order valence-electron chi connectivity index (χ4n) is 1.45. The molecule has 5 heteroatoms. The average molecular weight is 235 g/mol. The summed E-state index contributed by atoms with van der Waals surface area (Å²) < 4.78 is 2.00. The first-order chi connectivity index (χ1) is 7.72. The molecule has 0 fully saturated rings. The Kier molecular flexibility index (Phi) is 3.14. The van der Waals surface area contributed by atoms with Gasteiger partial charge in [-0.05, 0) is 12.1 Å². The van der Waals surface area contributed by atoms with Crippen molar-refractivity contribution in [1.29, 1.82) is 0 Å². The summed E-state index contributed by atoms with van der Waals surface area (Å²) in [4.78, 5) is 15.6. The molecular formula is C11H13N3OS. The zero-order chi connectivity index (χ0) is 11.5. The minimum absolute atomic E-state index is 0.0112. The lowest BCUT2D eigenvalue weighted by molar-refractivity contribution is -0.118. The number of nitrogens with one attached hydrogen (secondary N) is 1. The summed E-state index contributed by atoms with van der Waals surface area (Å²) in [7, 11) is 3.60. The molecule has 0 aliphatic carbocycles. The Hall–Kier alpha value is -1.49. The SMILES string of the molecule is CNC(=O)CSc1nc2ccccc2n1C. The van der Waals surface area contributed by atoms with Crippen LogP contribution >= 0.6 is 11.8 Å². The number of para-hydroxylation sites is 2. The van der Waals surface area contributed by atoms with Gasteiger partial charge in [0.2, 0.25) is 5.91 Å². The predicted molar refractivity (Wildman–Crippen MR) is 65.5 cm³/mol. The van der Waals surface area contributed by atoms with Crippen molar-refractivity contribution in [2.45, 2.75) is 5.16 Å². The Morgan fingerprint density at radius 1 is 1.50 bits per heavy atom. The molecule has 1 N–H and O–H groups in total. The average Bonchev–Trinajstić information content (AvgIpc) is 2.64. The molecule has 0 bridgehead atoms. The third-order valence-electron chi connectivity index (χ3n) is 2.36. The molecule has 0 spiro atoms. The first-order valence-corrected chi connectivity index (χ1v) is 5.96. The van der Waals surface area contributed by atoms with E-state index in [4.69, 9.17) is 0 Å². The molecule has 84 valence electrons. The summed E-state index contributed by atoms with van der Waals surface area (Å²) in [6, 6.07) is 7.94. The van der Waals surface area contributed by atoms with Gasteiger partial charge >= 0.3 is 0 Å². The minimum atomic E-state index is 0.0112. The number of thioether (sulfide) groups is 1. The summed E-state index contributed by atoms with van der Waals surface area (Å²) >= 11 is 1.45. The second-order valence-electron chi connectivity index (χ2n) is 3.40. The molecule has 0 aliphatic rings. The van der Waals surface area contributed by atoms with Gasteiger partial charge in [0.15, 0.2) is 5.16 Å². The van der Waals surface area contributed by atoms with Crippen molar-refractivity contribution in [1.82, 2.24) is 14.9 Å². The van der Waals surface area contributed by atoms with Gasteiger partial charge in [-0.25, -0.2) is 4.98 Å². The molecule has 1 aromatic heterocycles. The van der Waals surface area contributed by atoms with Crippen LogP contribution in [-0.2, 0) is 11.8 Å². The number of hydrogen-bond acceptors (Lipinski definition) is 3. The van der Waals surface area contributed by atoms with Crippen LogP contribution in [0.2, 0.25) is 0 Å². The van der Waals surface area contributed by atoms with Crippen LogP contribution in [-0.4, -0.2) is 28.3 Å². The maximum atomic E-state index is 11.1. The van der Waals surface area contributed by atoms with Gasteiger partial charge in [0.25, 0.3) is 0 Å². The largest absolute Gasteiger partial charge is 0.358 e. The summed E-state index contributed by atoms with van der Waals surface area (Å²) in [6.45, 7) is 0. The summed E-state index contributed by atoms with van der Waals surface area (Å²) in [5, 5.41) is 3.46. The number of nitrogens with zero attached hydrogens (tertiary/aromatic N) is 2. The highest BCUT2D eigenvalue weighted by atomic mass is 32.2. The normalized spacial score (nSPS) is 10.6. The molecule has 2 rings (SSSR count). The van der Waals surface area contributed by atoms with Gasteiger partial charge in [0, 0.05) is 14.1 Å². The number of aromatic nitrogens is 2. The Morgan fingerprint density at radius 3 is 2.94 bits per heavy atom. The van der Waals surface area contributed by atoms with Crippen LogP contribution in [0.1, 0.15) is 0 Å². The van der Waals surface area contributed by atoms with Crippen LogP contribution in [0, 0.1) is 0 Å². The molecule has 2 aromatic rings. The smallest absolute Gasteiger partial charge is 0.230 e. The van der Waals surface area contributed by atoms with E-state index in [0.717, 1.165) is 16.2 Å². The number of carbonyl (C=O) groups excluding carboxylic acids is 1.